The molecule has 8 heteroatoms. The molecule has 0 radical (unpaired) electrons. The van der Waals surface area contributed by atoms with Crippen LogP contribution in [0.25, 0.3) is 0 Å². The number of Topliss-reactive ketones (excluding diaryl/α,β-unsaturated/α-hetero) is 1. The van der Waals surface area contributed by atoms with Crippen LogP contribution in [0, 0.1) is 0 Å². The van der Waals surface area contributed by atoms with Crippen molar-refractivity contribution in [1.29, 1.82) is 0 Å². The van der Waals surface area contributed by atoms with Crippen molar-refractivity contribution >= 4 is 23.7 Å². The number of hydrogen-bond acceptors (Lipinski definition) is 5. The number of carbonyl (C=O) groups is 4. The Kier molecular flexibility index (Phi) is 5.67. The Morgan fingerprint density at radius 2 is 1.83 bits per heavy atom. The summed E-state index contributed by atoms with van der Waals surface area (Å²) >= 11 is 0. The average Bonchev–Trinajstić information content (AvgIpc) is 2.85. The molecule has 0 bridgehead atoms. The minimum atomic E-state index is -1.17. The zero-order valence-electron chi connectivity index (χ0n) is 13.8. The van der Waals surface area contributed by atoms with Crippen molar-refractivity contribution in [3.63, 3.8) is 0 Å². The minimum absolute atomic E-state index is 0.0500. The summed E-state index contributed by atoms with van der Waals surface area (Å²) in [4.78, 5) is 49.0. The number of aromatic amines is 1. The van der Waals surface area contributed by atoms with Crippen molar-refractivity contribution in [2.24, 2.45) is 0 Å². The quantitative estimate of drug-likeness (QED) is 0.571. The molecule has 23 heavy (non-hydrogen) atoms. The van der Waals surface area contributed by atoms with Crippen LogP contribution >= 0.6 is 0 Å². The van der Waals surface area contributed by atoms with Crippen molar-refractivity contribution < 1.29 is 23.9 Å². The molecule has 0 saturated heterocycles. The van der Waals surface area contributed by atoms with Crippen molar-refractivity contribution in [3.05, 3.63) is 23.5 Å². The van der Waals surface area contributed by atoms with Crippen LogP contribution in [-0.2, 0) is 9.53 Å². The third-order valence-electron chi connectivity index (χ3n) is 2.69. The third-order valence-corrected chi connectivity index (χ3v) is 2.69. The van der Waals surface area contributed by atoms with Crippen LogP contribution in [0.1, 0.15) is 55.5 Å². The molecular formula is C15H21N3O5. The molecule has 0 spiro atoms. The Hall–Kier alpha value is -2.64. The summed E-state index contributed by atoms with van der Waals surface area (Å²) < 4.78 is 4.95. The lowest BCUT2D eigenvalue weighted by Crippen LogP contribution is -2.50. The molecule has 8 nitrogen and oxygen atoms in total. The standard InChI is InChI=1S/C15H21N3O5/c1-8(19)10-6-11(16-7-10)13(21)23-9(2)12(20)17-14(22)18-15(3,4)5/h6-7,9,16H,1-5H3,(H2,17,18,20,22)/t9-/m1/s1. The van der Waals surface area contributed by atoms with Crippen LogP contribution in [0.3, 0.4) is 0 Å². The van der Waals surface area contributed by atoms with E-state index in [2.05, 4.69) is 15.6 Å². The van der Waals surface area contributed by atoms with Gasteiger partial charge in [-0.05, 0) is 40.7 Å². The maximum atomic E-state index is 11.9. The lowest BCUT2D eigenvalue weighted by atomic mass is 10.1. The first kappa shape index (κ1) is 18.4. The molecule has 0 aromatic carbocycles. The lowest BCUT2D eigenvalue weighted by Gasteiger charge is -2.21. The topological polar surface area (TPSA) is 117 Å². The summed E-state index contributed by atoms with van der Waals surface area (Å²) in [6, 6.07) is 0.658. The van der Waals surface area contributed by atoms with Gasteiger partial charge in [-0.25, -0.2) is 9.59 Å². The predicted octanol–water partition coefficient (Wildman–Crippen LogP) is 1.39. The van der Waals surface area contributed by atoms with Crippen molar-refractivity contribution in [2.45, 2.75) is 46.3 Å². The Morgan fingerprint density at radius 1 is 1.22 bits per heavy atom. The average molecular weight is 323 g/mol. The van der Waals surface area contributed by atoms with Gasteiger partial charge in [0.2, 0.25) is 0 Å². The predicted molar refractivity (Wildman–Crippen MR) is 82.1 cm³/mol. The highest BCUT2D eigenvalue weighted by Crippen LogP contribution is 2.07. The molecule has 0 aliphatic rings. The van der Waals surface area contributed by atoms with Crippen molar-refractivity contribution in [1.82, 2.24) is 15.6 Å². The number of imide groups is 1. The summed E-state index contributed by atoms with van der Waals surface area (Å²) in [6.45, 7) is 7.99. The number of amides is 3. The van der Waals surface area contributed by atoms with E-state index in [1.54, 1.807) is 20.8 Å². The second-order valence-electron chi connectivity index (χ2n) is 6.10. The van der Waals surface area contributed by atoms with Crippen LogP contribution in [0.5, 0.6) is 0 Å². The Balaban J connectivity index is 2.58. The van der Waals surface area contributed by atoms with E-state index in [0.717, 1.165) is 0 Å². The summed E-state index contributed by atoms with van der Waals surface area (Å²) in [7, 11) is 0. The number of carbonyl (C=O) groups excluding carboxylic acids is 4. The number of aromatic nitrogens is 1. The first-order chi connectivity index (χ1) is 10.5. The molecule has 0 aliphatic carbocycles. The van der Waals surface area contributed by atoms with Crippen LogP contribution in [0.2, 0.25) is 0 Å². The fourth-order valence-corrected chi connectivity index (χ4v) is 1.58. The number of ether oxygens (including phenoxy) is 1. The molecule has 1 heterocycles. The fourth-order valence-electron chi connectivity index (χ4n) is 1.58. The van der Waals surface area contributed by atoms with Gasteiger partial charge in [-0.3, -0.25) is 14.9 Å². The van der Waals surface area contributed by atoms with Gasteiger partial charge in [-0.2, -0.15) is 0 Å². The van der Waals surface area contributed by atoms with E-state index >= 15 is 0 Å². The highest BCUT2D eigenvalue weighted by molar-refractivity contribution is 6.00. The number of urea groups is 1. The lowest BCUT2D eigenvalue weighted by molar-refractivity contribution is -0.127. The van der Waals surface area contributed by atoms with E-state index in [1.807, 2.05) is 0 Å². The molecule has 3 amide bonds. The summed E-state index contributed by atoms with van der Waals surface area (Å²) in [5, 5.41) is 4.64. The zero-order valence-corrected chi connectivity index (χ0v) is 13.8. The van der Waals surface area contributed by atoms with Crippen LogP contribution < -0.4 is 10.6 Å². The molecule has 1 aromatic heterocycles. The molecule has 126 valence electrons. The molecule has 1 atom stereocenters. The maximum absolute atomic E-state index is 11.9. The van der Waals surface area contributed by atoms with E-state index in [9.17, 15) is 19.2 Å². The monoisotopic (exact) mass is 323 g/mol. The molecular weight excluding hydrogens is 302 g/mol. The number of ketones is 1. The first-order valence-electron chi connectivity index (χ1n) is 7.03. The Morgan fingerprint density at radius 3 is 2.30 bits per heavy atom. The van der Waals surface area contributed by atoms with Crippen molar-refractivity contribution in [2.75, 3.05) is 0 Å². The zero-order chi connectivity index (χ0) is 17.8. The third kappa shape index (κ3) is 5.93. The molecule has 1 aromatic rings. The molecule has 3 N–H and O–H groups in total. The molecule has 1 rings (SSSR count). The van der Waals surface area contributed by atoms with Crippen LogP contribution in [0.4, 0.5) is 4.79 Å². The number of H-pyrrole nitrogens is 1. The highest BCUT2D eigenvalue weighted by atomic mass is 16.5. The van der Waals surface area contributed by atoms with E-state index < -0.39 is 29.6 Å². The normalized spacial score (nSPS) is 12.2. The number of esters is 1. The van der Waals surface area contributed by atoms with Gasteiger partial charge in [0.1, 0.15) is 5.69 Å². The van der Waals surface area contributed by atoms with Gasteiger partial charge < -0.3 is 15.0 Å². The molecule has 0 aliphatic heterocycles. The molecule has 0 fully saturated rings. The van der Waals surface area contributed by atoms with Gasteiger partial charge in [0, 0.05) is 17.3 Å². The van der Waals surface area contributed by atoms with Gasteiger partial charge in [-0.1, -0.05) is 0 Å². The van der Waals surface area contributed by atoms with Crippen LogP contribution in [-0.4, -0.2) is 40.3 Å². The van der Waals surface area contributed by atoms with Gasteiger partial charge in [0.25, 0.3) is 5.91 Å². The number of rotatable bonds is 4. The van der Waals surface area contributed by atoms with Crippen molar-refractivity contribution in [3.8, 4) is 0 Å². The largest absolute Gasteiger partial charge is 0.448 e. The summed E-state index contributed by atoms with van der Waals surface area (Å²) in [5.41, 5.74) is -0.120. The number of nitrogens with one attached hydrogen (secondary N) is 3. The first-order valence-corrected chi connectivity index (χ1v) is 7.03. The number of hydrogen-bond donors (Lipinski definition) is 3. The molecule has 0 saturated carbocycles. The second kappa shape index (κ2) is 7.08. The van der Waals surface area contributed by atoms with E-state index in [0.29, 0.717) is 5.56 Å². The SMILES string of the molecule is CC(=O)c1c[nH]c(C(=O)O[C@H](C)C(=O)NC(=O)NC(C)(C)C)c1. The van der Waals surface area contributed by atoms with Gasteiger partial charge in [-0.15, -0.1) is 0 Å². The van der Waals surface area contributed by atoms with Crippen LogP contribution in [0.15, 0.2) is 12.3 Å². The minimum Gasteiger partial charge on any atom is -0.448 e. The van der Waals surface area contributed by atoms with Gasteiger partial charge >= 0.3 is 12.0 Å². The maximum Gasteiger partial charge on any atom is 0.355 e. The second-order valence-corrected chi connectivity index (χ2v) is 6.10. The van der Waals surface area contributed by atoms with E-state index in [1.165, 1.54) is 26.1 Å². The van der Waals surface area contributed by atoms with E-state index in [4.69, 9.17) is 4.74 Å². The molecule has 0 unspecified atom stereocenters. The summed E-state index contributed by atoms with van der Waals surface area (Å²) in [6.07, 6.45) is 0.206. The smallest absolute Gasteiger partial charge is 0.355 e. The Bertz CT molecular complexity index is 627. The van der Waals surface area contributed by atoms with Gasteiger partial charge in [0.05, 0.1) is 0 Å². The Labute approximate surface area is 134 Å². The summed E-state index contributed by atoms with van der Waals surface area (Å²) in [5.74, 6) is -1.75. The van der Waals surface area contributed by atoms with E-state index in [-0.39, 0.29) is 11.5 Å². The fraction of sp³-hybridized carbons (Fsp3) is 0.467. The highest BCUT2D eigenvalue weighted by Gasteiger charge is 2.23. The van der Waals surface area contributed by atoms with Gasteiger partial charge in [0.15, 0.2) is 11.9 Å².